The Morgan fingerprint density at radius 3 is 2.60 bits per heavy atom. The topological polar surface area (TPSA) is 47.5 Å². The van der Waals surface area contributed by atoms with Crippen LogP contribution < -0.4 is 14.4 Å². The maximum absolute atomic E-state index is 5.59. The van der Waals surface area contributed by atoms with Crippen LogP contribution >= 0.6 is 15.9 Å². The summed E-state index contributed by atoms with van der Waals surface area (Å²) in [6.45, 7) is 1.92. The fraction of sp³-hybridized carbons (Fsp3) is 0.286. The summed E-state index contributed by atoms with van der Waals surface area (Å²) < 4.78 is 12.0. The molecule has 0 unspecified atom stereocenters. The number of rotatable bonds is 3. The molecule has 20 heavy (non-hydrogen) atoms. The lowest BCUT2D eigenvalue weighted by molar-refractivity contribution is 0.171. The first-order valence-corrected chi connectivity index (χ1v) is 7.09. The van der Waals surface area contributed by atoms with Crippen LogP contribution in [0.5, 0.6) is 11.5 Å². The number of benzene rings is 1. The number of fused-ring (bicyclic) bond motifs is 1. The van der Waals surface area contributed by atoms with E-state index >= 15 is 0 Å². The summed E-state index contributed by atoms with van der Waals surface area (Å²) in [7, 11) is 1.96. The maximum Gasteiger partial charge on any atom is 0.225 e. The molecule has 1 aliphatic heterocycles. The molecule has 1 aromatic carbocycles. The second kappa shape index (κ2) is 5.66. The van der Waals surface area contributed by atoms with E-state index in [-0.39, 0.29) is 0 Å². The van der Waals surface area contributed by atoms with E-state index in [1.54, 1.807) is 12.4 Å². The predicted molar refractivity (Wildman–Crippen MR) is 79.3 cm³/mol. The molecule has 0 saturated heterocycles. The summed E-state index contributed by atoms with van der Waals surface area (Å²) in [5.41, 5.74) is 1.13. The summed E-state index contributed by atoms with van der Waals surface area (Å²) >= 11 is 3.33. The van der Waals surface area contributed by atoms with Crippen LogP contribution in [0.25, 0.3) is 0 Å². The van der Waals surface area contributed by atoms with Gasteiger partial charge >= 0.3 is 0 Å². The van der Waals surface area contributed by atoms with Gasteiger partial charge in [0.15, 0.2) is 11.5 Å². The van der Waals surface area contributed by atoms with Gasteiger partial charge in [-0.2, -0.15) is 0 Å². The zero-order chi connectivity index (χ0) is 13.9. The Kier molecular flexibility index (Phi) is 3.73. The zero-order valence-corrected chi connectivity index (χ0v) is 12.6. The van der Waals surface area contributed by atoms with Crippen molar-refractivity contribution in [2.75, 3.05) is 25.2 Å². The normalized spacial score (nSPS) is 13.1. The number of aromatic nitrogens is 2. The molecule has 1 aliphatic rings. The summed E-state index contributed by atoms with van der Waals surface area (Å²) in [4.78, 5) is 10.5. The monoisotopic (exact) mass is 335 g/mol. The van der Waals surface area contributed by atoms with Crippen molar-refractivity contribution in [3.8, 4) is 11.5 Å². The number of ether oxygens (including phenoxy) is 2. The molecule has 0 aliphatic carbocycles. The van der Waals surface area contributed by atoms with Crippen molar-refractivity contribution in [2.24, 2.45) is 0 Å². The molecule has 0 spiro atoms. The van der Waals surface area contributed by atoms with Crippen LogP contribution in [0.2, 0.25) is 0 Å². The lowest BCUT2D eigenvalue weighted by Crippen LogP contribution is -2.20. The Balaban J connectivity index is 1.75. The van der Waals surface area contributed by atoms with Crippen LogP contribution in [-0.2, 0) is 6.54 Å². The number of anilines is 1. The van der Waals surface area contributed by atoms with E-state index < -0.39 is 0 Å². The largest absolute Gasteiger partial charge is 0.486 e. The first-order valence-electron chi connectivity index (χ1n) is 6.29. The van der Waals surface area contributed by atoms with Crippen LogP contribution in [0.4, 0.5) is 5.95 Å². The van der Waals surface area contributed by atoms with E-state index in [1.807, 2.05) is 30.1 Å². The van der Waals surface area contributed by atoms with Crippen LogP contribution in [0.3, 0.4) is 0 Å². The number of hydrogen-bond donors (Lipinski definition) is 0. The Labute approximate surface area is 125 Å². The first kappa shape index (κ1) is 13.2. The average molecular weight is 336 g/mol. The second-order valence-corrected chi connectivity index (χ2v) is 5.45. The van der Waals surface area contributed by atoms with Gasteiger partial charge in [-0.3, -0.25) is 0 Å². The van der Waals surface area contributed by atoms with Crippen LogP contribution in [-0.4, -0.2) is 30.2 Å². The molecule has 0 saturated carbocycles. The third kappa shape index (κ3) is 2.85. The van der Waals surface area contributed by atoms with Crippen LogP contribution in [0.1, 0.15) is 5.56 Å². The smallest absolute Gasteiger partial charge is 0.225 e. The molecule has 0 radical (unpaired) electrons. The molecular weight excluding hydrogens is 322 g/mol. The van der Waals surface area contributed by atoms with Crippen molar-refractivity contribution in [1.29, 1.82) is 0 Å². The van der Waals surface area contributed by atoms with Crippen LogP contribution in [0, 0.1) is 0 Å². The second-order valence-electron chi connectivity index (χ2n) is 4.54. The first-order chi connectivity index (χ1) is 9.72. The standard InChI is InChI=1S/C14H14BrN3O2/c1-18(14-16-7-11(15)8-17-14)9-10-2-3-12-13(6-10)20-5-4-19-12/h2-3,6-8H,4-5,9H2,1H3. The average Bonchev–Trinajstić information content (AvgIpc) is 2.48. The van der Waals surface area contributed by atoms with Gasteiger partial charge < -0.3 is 14.4 Å². The lowest BCUT2D eigenvalue weighted by atomic mass is 10.2. The fourth-order valence-electron chi connectivity index (χ4n) is 2.03. The van der Waals surface area contributed by atoms with Gasteiger partial charge in [-0.25, -0.2) is 9.97 Å². The van der Waals surface area contributed by atoms with Crippen molar-refractivity contribution in [3.63, 3.8) is 0 Å². The number of hydrogen-bond acceptors (Lipinski definition) is 5. The fourth-order valence-corrected chi connectivity index (χ4v) is 2.24. The van der Waals surface area contributed by atoms with Gasteiger partial charge in [-0.15, -0.1) is 0 Å². The lowest BCUT2D eigenvalue weighted by Gasteiger charge is -2.21. The molecule has 104 valence electrons. The Bertz CT molecular complexity index is 604. The Morgan fingerprint density at radius 2 is 1.85 bits per heavy atom. The van der Waals surface area contributed by atoms with Gasteiger partial charge in [0.1, 0.15) is 13.2 Å². The summed E-state index contributed by atoms with van der Waals surface area (Å²) in [5.74, 6) is 2.30. The predicted octanol–water partition coefficient (Wildman–Crippen LogP) is 2.65. The van der Waals surface area contributed by atoms with Gasteiger partial charge in [0.25, 0.3) is 0 Å². The highest BCUT2D eigenvalue weighted by Crippen LogP contribution is 2.31. The van der Waals surface area contributed by atoms with Gasteiger partial charge in [0.05, 0.1) is 4.47 Å². The molecule has 6 heteroatoms. The third-order valence-corrected chi connectivity index (χ3v) is 3.38. The van der Waals surface area contributed by atoms with Gasteiger partial charge in [-0.05, 0) is 33.6 Å². The highest BCUT2D eigenvalue weighted by atomic mass is 79.9. The SMILES string of the molecule is CN(Cc1ccc2c(c1)OCCO2)c1ncc(Br)cn1. The molecule has 2 heterocycles. The van der Waals surface area contributed by atoms with E-state index in [2.05, 4.69) is 25.9 Å². The quantitative estimate of drug-likeness (QED) is 0.862. The van der Waals surface area contributed by atoms with Crippen molar-refractivity contribution in [3.05, 3.63) is 40.6 Å². The highest BCUT2D eigenvalue weighted by molar-refractivity contribution is 9.10. The Hall–Kier alpha value is -1.82. The number of nitrogens with zero attached hydrogens (tertiary/aromatic N) is 3. The molecule has 1 aromatic heterocycles. The molecule has 0 fully saturated rings. The molecule has 2 aromatic rings. The number of halogens is 1. The van der Waals surface area contributed by atoms with Crippen molar-refractivity contribution >= 4 is 21.9 Å². The third-order valence-electron chi connectivity index (χ3n) is 2.97. The van der Waals surface area contributed by atoms with Crippen molar-refractivity contribution in [2.45, 2.75) is 6.54 Å². The van der Waals surface area contributed by atoms with Gasteiger partial charge in [-0.1, -0.05) is 6.07 Å². The van der Waals surface area contributed by atoms with E-state index in [1.165, 1.54) is 0 Å². The van der Waals surface area contributed by atoms with Crippen molar-refractivity contribution in [1.82, 2.24) is 9.97 Å². The highest BCUT2D eigenvalue weighted by Gasteiger charge is 2.13. The van der Waals surface area contributed by atoms with Gasteiger partial charge in [0, 0.05) is 26.0 Å². The van der Waals surface area contributed by atoms with E-state index in [9.17, 15) is 0 Å². The zero-order valence-electron chi connectivity index (χ0n) is 11.0. The minimum atomic E-state index is 0.599. The molecule has 0 bridgehead atoms. The summed E-state index contributed by atoms with van der Waals surface area (Å²) in [5, 5.41) is 0. The summed E-state index contributed by atoms with van der Waals surface area (Å²) in [6.07, 6.45) is 3.48. The molecule has 0 amide bonds. The minimum absolute atomic E-state index is 0.599. The van der Waals surface area contributed by atoms with Crippen LogP contribution in [0.15, 0.2) is 35.1 Å². The van der Waals surface area contributed by atoms with E-state index in [0.717, 1.165) is 21.5 Å². The summed E-state index contributed by atoms with van der Waals surface area (Å²) in [6, 6.07) is 5.98. The molecule has 3 rings (SSSR count). The van der Waals surface area contributed by atoms with E-state index in [0.29, 0.717) is 25.7 Å². The molecule has 0 atom stereocenters. The Morgan fingerprint density at radius 1 is 1.15 bits per heavy atom. The minimum Gasteiger partial charge on any atom is -0.486 e. The maximum atomic E-state index is 5.59. The molecule has 5 nitrogen and oxygen atoms in total. The van der Waals surface area contributed by atoms with E-state index in [4.69, 9.17) is 9.47 Å². The van der Waals surface area contributed by atoms with Gasteiger partial charge in [0.2, 0.25) is 5.95 Å². The molecule has 0 N–H and O–H groups in total. The molecular formula is C14H14BrN3O2. The van der Waals surface area contributed by atoms with Crippen molar-refractivity contribution < 1.29 is 9.47 Å².